The normalized spacial score (nSPS) is 22.3. The van der Waals surface area contributed by atoms with Gasteiger partial charge in [0.2, 0.25) is 5.88 Å². The Morgan fingerprint density at radius 2 is 1.92 bits per heavy atom. The highest BCUT2D eigenvalue weighted by atomic mass is 19.4. The molecule has 1 saturated carbocycles. The summed E-state index contributed by atoms with van der Waals surface area (Å²) in [6, 6.07) is 6.50. The zero-order valence-electron chi connectivity index (χ0n) is 20.3. The van der Waals surface area contributed by atoms with E-state index in [1.807, 2.05) is 26.1 Å². The van der Waals surface area contributed by atoms with E-state index in [0.717, 1.165) is 24.1 Å². The number of carboxylic acid groups (broad SMARTS) is 1. The number of aromatic nitrogens is 2. The summed E-state index contributed by atoms with van der Waals surface area (Å²) in [5.41, 5.74) is 3.27. The molecule has 5 nitrogen and oxygen atoms in total. The minimum atomic E-state index is -4.51. The maximum absolute atomic E-state index is 15.1. The Morgan fingerprint density at radius 1 is 1.16 bits per heavy atom. The van der Waals surface area contributed by atoms with Crippen molar-refractivity contribution in [3.05, 3.63) is 87.6 Å². The van der Waals surface area contributed by atoms with Gasteiger partial charge in [0, 0.05) is 36.1 Å². The number of carbonyl (C=O) groups is 1. The van der Waals surface area contributed by atoms with Gasteiger partial charge in [-0.1, -0.05) is 13.8 Å². The Balaban J connectivity index is 0.000000892. The Kier molecular flexibility index (Phi) is 6.20. The lowest BCUT2D eigenvalue weighted by atomic mass is 9.84. The average molecular weight is 515 g/mol. The second-order valence-electron chi connectivity index (χ2n) is 10.6. The lowest BCUT2D eigenvalue weighted by molar-refractivity contribution is -0.138. The van der Waals surface area contributed by atoms with Gasteiger partial charge in [-0.3, -0.25) is 9.78 Å². The first-order valence-electron chi connectivity index (χ1n) is 12.1. The number of hydrogen-bond acceptors (Lipinski definition) is 4. The zero-order chi connectivity index (χ0) is 26.5. The average Bonchev–Trinajstić information content (AvgIpc) is 3.44. The molecule has 0 amide bonds. The highest BCUT2D eigenvalue weighted by Crippen LogP contribution is 2.56. The van der Waals surface area contributed by atoms with Gasteiger partial charge in [0.1, 0.15) is 12.4 Å². The van der Waals surface area contributed by atoms with E-state index >= 15 is 4.39 Å². The van der Waals surface area contributed by atoms with Crippen LogP contribution in [0.4, 0.5) is 17.6 Å². The van der Waals surface area contributed by atoms with Crippen LogP contribution in [0.15, 0.2) is 42.9 Å². The van der Waals surface area contributed by atoms with Gasteiger partial charge < -0.3 is 9.84 Å². The first-order chi connectivity index (χ1) is 17.5. The first-order valence-corrected chi connectivity index (χ1v) is 12.1. The minimum Gasteiger partial charge on any atom is -0.483 e. The van der Waals surface area contributed by atoms with E-state index in [2.05, 4.69) is 9.97 Å². The Hall–Kier alpha value is -3.49. The van der Waals surface area contributed by atoms with Crippen LogP contribution in [0.3, 0.4) is 0 Å². The van der Waals surface area contributed by atoms with Gasteiger partial charge in [-0.15, -0.1) is 0 Å². The second-order valence-corrected chi connectivity index (χ2v) is 10.6. The summed E-state index contributed by atoms with van der Waals surface area (Å²) in [5, 5.41) is 6.89. The molecule has 0 saturated heterocycles. The van der Waals surface area contributed by atoms with E-state index in [0.29, 0.717) is 29.3 Å². The van der Waals surface area contributed by atoms with Gasteiger partial charge in [-0.25, -0.2) is 9.37 Å². The third-order valence-electron chi connectivity index (χ3n) is 7.75. The molecule has 0 bridgehead atoms. The Morgan fingerprint density at radius 3 is 2.65 bits per heavy atom. The molecule has 9 heteroatoms. The van der Waals surface area contributed by atoms with Crippen LogP contribution >= 0.6 is 0 Å². The summed E-state index contributed by atoms with van der Waals surface area (Å²) in [6.45, 7) is 3.59. The standard InChI is InChI=1S/C27H24F4N2O.CH2O2/c1-26(2)10-20(17-3-4-32-12-23(17)27(29,30)31)19-7-16(24(28)9-22(19)26)13-34-25-8-15-5-14-6-18(14)21(15)11-33-25;2-1-3/h3-4,7-9,11-12,14,18,20H,5-6,10,13H2,1-2H3;1H,(H,2,3). The molecule has 2 heterocycles. The third-order valence-corrected chi connectivity index (χ3v) is 7.75. The molecule has 6 rings (SSSR count). The van der Waals surface area contributed by atoms with Crippen LogP contribution in [-0.4, -0.2) is 21.5 Å². The molecule has 37 heavy (non-hydrogen) atoms. The van der Waals surface area contributed by atoms with Gasteiger partial charge >= 0.3 is 6.18 Å². The van der Waals surface area contributed by atoms with Crippen molar-refractivity contribution in [2.45, 2.75) is 63.1 Å². The molecule has 0 radical (unpaired) electrons. The van der Waals surface area contributed by atoms with Crippen molar-refractivity contribution in [2.24, 2.45) is 5.92 Å². The predicted molar refractivity (Wildman–Crippen MR) is 127 cm³/mol. The molecule has 1 N–H and O–H groups in total. The van der Waals surface area contributed by atoms with Crippen molar-refractivity contribution in [3.63, 3.8) is 0 Å². The summed E-state index contributed by atoms with van der Waals surface area (Å²) >= 11 is 0. The lowest BCUT2D eigenvalue weighted by Gasteiger charge is -2.21. The van der Waals surface area contributed by atoms with Gasteiger partial charge in [0.15, 0.2) is 0 Å². The molecule has 3 aliphatic rings. The fourth-order valence-corrected chi connectivity index (χ4v) is 5.94. The summed E-state index contributed by atoms with van der Waals surface area (Å²) in [5.74, 6) is 0.900. The van der Waals surface area contributed by atoms with E-state index < -0.39 is 28.9 Å². The van der Waals surface area contributed by atoms with Crippen LogP contribution in [0.1, 0.15) is 77.5 Å². The highest BCUT2D eigenvalue weighted by Gasteiger charge is 2.45. The van der Waals surface area contributed by atoms with Crippen LogP contribution < -0.4 is 4.74 Å². The van der Waals surface area contributed by atoms with E-state index in [-0.39, 0.29) is 18.6 Å². The predicted octanol–water partition coefficient (Wildman–Crippen LogP) is 6.39. The second kappa shape index (κ2) is 9.11. The van der Waals surface area contributed by atoms with Gasteiger partial charge in [0.05, 0.1) is 5.56 Å². The molecule has 194 valence electrons. The molecule has 3 atom stereocenters. The third kappa shape index (κ3) is 4.67. The molecule has 3 aromatic rings. The molecule has 1 aromatic carbocycles. The molecular formula is C28H26F4N2O3. The van der Waals surface area contributed by atoms with Gasteiger partial charge in [-0.2, -0.15) is 13.2 Å². The maximum Gasteiger partial charge on any atom is 0.418 e. The molecule has 0 spiro atoms. The SMILES string of the molecule is CC1(C)CC(c2ccncc2C(F)(F)F)c2cc(COc3cc4c(cn3)C3CC3C4)c(F)cc21.O=CO. The van der Waals surface area contributed by atoms with Gasteiger partial charge in [0.25, 0.3) is 6.47 Å². The maximum atomic E-state index is 15.1. The summed E-state index contributed by atoms with van der Waals surface area (Å²) < 4.78 is 62.1. The lowest BCUT2D eigenvalue weighted by Crippen LogP contribution is -2.15. The Labute approximate surface area is 211 Å². The number of fused-ring (bicyclic) bond motifs is 4. The fourth-order valence-electron chi connectivity index (χ4n) is 5.94. The van der Waals surface area contributed by atoms with Crippen LogP contribution in [-0.2, 0) is 29.4 Å². The van der Waals surface area contributed by atoms with Crippen molar-refractivity contribution in [2.75, 3.05) is 0 Å². The smallest absolute Gasteiger partial charge is 0.418 e. The molecule has 1 fully saturated rings. The summed E-state index contributed by atoms with van der Waals surface area (Å²) in [7, 11) is 0. The van der Waals surface area contributed by atoms with Crippen molar-refractivity contribution < 1.29 is 32.2 Å². The Bertz CT molecular complexity index is 1360. The number of pyridine rings is 2. The van der Waals surface area contributed by atoms with Crippen LogP contribution in [0.25, 0.3) is 0 Å². The summed E-state index contributed by atoms with van der Waals surface area (Å²) in [4.78, 5) is 16.4. The molecule has 2 aromatic heterocycles. The molecular weight excluding hydrogens is 488 g/mol. The van der Waals surface area contributed by atoms with Crippen molar-refractivity contribution in [3.8, 4) is 5.88 Å². The number of hydrogen-bond donors (Lipinski definition) is 1. The fraction of sp³-hybridized carbons (Fsp3) is 0.393. The van der Waals surface area contributed by atoms with E-state index in [9.17, 15) is 13.2 Å². The number of alkyl halides is 3. The quantitative estimate of drug-likeness (QED) is 0.323. The van der Waals surface area contributed by atoms with E-state index in [1.165, 1.54) is 35.9 Å². The molecule has 0 aliphatic heterocycles. The van der Waals surface area contributed by atoms with Crippen molar-refractivity contribution >= 4 is 6.47 Å². The van der Waals surface area contributed by atoms with Crippen LogP contribution in [0.2, 0.25) is 0 Å². The van der Waals surface area contributed by atoms with Crippen LogP contribution in [0, 0.1) is 11.7 Å². The molecule has 3 unspecified atom stereocenters. The number of benzene rings is 1. The topological polar surface area (TPSA) is 72.3 Å². The van der Waals surface area contributed by atoms with Crippen molar-refractivity contribution in [1.82, 2.24) is 9.97 Å². The number of halogens is 4. The highest BCUT2D eigenvalue weighted by molar-refractivity contribution is 5.51. The van der Waals surface area contributed by atoms with Crippen molar-refractivity contribution in [1.29, 1.82) is 0 Å². The number of rotatable bonds is 4. The largest absolute Gasteiger partial charge is 0.483 e. The van der Waals surface area contributed by atoms with E-state index in [4.69, 9.17) is 14.6 Å². The first kappa shape index (κ1) is 25.2. The van der Waals surface area contributed by atoms with E-state index in [1.54, 1.807) is 6.07 Å². The zero-order valence-corrected chi connectivity index (χ0v) is 20.3. The number of ether oxygens (including phenoxy) is 1. The van der Waals surface area contributed by atoms with Gasteiger partial charge in [-0.05, 0) is 82.5 Å². The minimum absolute atomic E-state index is 0.0343. The molecule has 3 aliphatic carbocycles. The monoisotopic (exact) mass is 514 g/mol. The summed E-state index contributed by atoms with van der Waals surface area (Å²) in [6.07, 6.45) is 2.33. The van der Waals surface area contributed by atoms with Crippen LogP contribution in [0.5, 0.6) is 5.88 Å². The number of nitrogens with zero attached hydrogens (tertiary/aromatic N) is 2.